The first-order valence-corrected chi connectivity index (χ1v) is 8.19. The third-order valence-electron chi connectivity index (χ3n) is 3.62. The van der Waals surface area contributed by atoms with Gasteiger partial charge in [-0.1, -0.05) is 0 Å². The van der Waals surface area contributed by atoms with E-state index in [1.165, 1.54) is 24.3 Å². The second kappa shape index (κ2) is 10.2. The molecule has 1 aromatic carbocycles. The van der Waals surface area contributed by atoms with E-state index in [-0.39, 0.29) is 37.6 Å². The molecule has 1 fully saturated rings. The van der Waals surface area contributed by atoms with Crippen molar-refractivity contribution in [1.82, 2.24) is 0 Å². The largest absolute Gasteiger partial charge is 0.460 e. The van der Waals surface area contributed by atoms with Gasteiger partial charge in [-0.05, 0) is 30.7 Å². The van der Waals surface area contributed by atoms with Crippen molar-refractivity contribution < 1.29 is 43.9 Å². The minimum absolute atomic E-state index is 0.0162. The van der Waals surface area contributed by atoms with Crippen molar-refractivity contribution >= 4 is 11.9 Å². The van der Waals surface area contributed by atoms with E-state index in [2.05, 4.69) is 0 Å². The van der Waals surface area contributed by atoms with Crippen molar-refractivity contribution in [3.63, 3.8) is 0 Å². The number of aliphatic hydroxyl groups is 3. The summed E-state index contributed by atoms with van der Waals surface area (Å²) >= 11 is 0. The van der Waals surface area contributed by atoms with E-state index in [9.17, 15) is 19.8 Å². The number of ether oxygens (including phenoxy) is 4. The van der Waals surface area contributed by atoms with E-state index in [1.54, 1.807) is 0 Å². The molecular formula is C17H22O9. The summed E-state index contributed by atoms with van der Waals surface area (Å²) < 4.78 is 20.2. The lowest BCUT2D eigenvalue weighted by molar-refractivity contribution is -0.283. The highest BCUT2D eigenvalue weighted by Crippen LogP contribution is 2.18. The number of hydrogen-bond donors (Lipinski definition) is 3. The molecule has 1 aromatic rings. The number of hydrogen-bond acceptors (Lipinski definition) is 9. The van der Waals surface area contributed by atoms with Gasteiger partial charge in [-0.3, -0.25) is 0 Å². The van der Waals surface area contributed by atoms with E-state index >= 15 is 0 Å². The molecule has 144 valence electrons. The van der Waals surface area contributed by atoms with E-state index < -0.39 is 30.6 Å². The van der Waals surface area contributed by atoms with Crippen molar-refractivity contribution in [2.45, 2.75) is 31.5 Å². The van der Waals surface area contributed by atoms with Crippen LogP contribution in [0, 0.1) is 0 Å². The van der Waals surface area contributed by atoms with Gasteiger partial charge in [0.05, 0.1) is 24.3 Å². The quantitative estimate of drug-likeness (QED) is 0.421. The van der Waals surface area contributed by atoms with Crippen molar-refractivity contribution in [3.8, 4) is 0 Å². The minimum atomic E-state index is -1.28. The standard InChI is InChI=1S/C17H22O9/c18-7-8-24-15(20)11-1-3-12(4-2-11)16(21)25-10-9-23-14-6-5-13(19)17(22)26-14/h1-4,13-14,17-19,22H,5-10H2/t13-,14-,17?/m0/s1. The number of carbonyl (C=O) groups is 2. The highest BCUT2D eigenvalue weighted by Gasteiger charge is 2.28. The fraction of sp³-hybridized carbons (Fsp3) is 0.529. The van der Waals surface area contributed by atoms with Crippen molar-refractivity contribution in [2.24, 2.45) is 0 Å². The minimum Gasteiger partial charge on any atom is -0.460 e. The number of carbonyl (C=O) groups excluding carboxylic acids is 2. The Balaban J connectivity index is 1.70. The molecule has 9 heteroatoms. The molecule has 0 spiro atoms. The molecule has 0 radical (unpaired) electrons. The summed E-state index contributed by atoms with van der Waals surface area (Å²) in [7, 11) is 0. The van der Waals surface area contributed by atoms with Gasteiger partial charge in [0.2, 0.25) is 0 Å². The highest BCUT2D eigenvalue weighted by atomic mass is 16.7. The number of rotatable bonds is 8. The Hall–Kier alpha value is -2.04. The highest BCUT2D eigenvalue weighted by molar-refractivity contribution is 5.93. The Morgan fingerprint density at radius 3 is 2.08 bits per heavy atom. The van der Waals surface area contributed by atoms with E-state index in [1.807, 2.05) is 0 Å². The van der Waals surface area contributed by atoms with Gasteiger partial charge in [-0.2, -0.15) is 0 Å². The molecule has 26 heavy (non-hydrogen) atoms. The summed E-state index contributed by atoms with van der Waals surface area (Å²) in [6.07, 6.45) is -2.06. The smallest absolute Gasteiger partial charge is 0.338 e. The van der Waals surface area contributed by atoms with Crippen LogP contribution in [-0.2, 0) is 18.9 Å². The van der Waals surface area contributed by atoms with Crippen LogP contribution in [-0.4, -0.2) is 72.4 Å². The molecule has 1 unspecified atom stereocenters. The topological polar surface area (TPSA) is 132 Å². The lowest BCUT2D eigenvalue weighted by Gasteiger charge is -2.30. The Kier molecular flexibility index (Phi) is 7.95. The maximum absolute atomic E-state index is 11.9. The fourth-order valence-electron chi connectivity index (χ4n) is 2.25. The van der Waals surface area contributed by atoms with Gasteiger partial charge in [0, 0.05) is 6.42 Å². The van der Waals surface area contributed by atoms with Crippen molar-refractivity contribution in [2.75, 3.05) is 26.4 Å². The number of aliphatic hydroxyl groups excluding tert-OH is 3. The van der Waals surface area contributed by atoms with Crippen molar-refractivity contribution in [3.05, 3.63) is 35.4 Å². The predicted molar refractivity (Wildman–Crippen MR) is 86.2 cm³/mol. The second-order valence-electron chi connectivity index (χ2n) is 5.54. The molecule has 3 N–H and O–H groups in total. The van der Waals surface area contributed by atoms with E-state index in [0.717, 1.165) is 0 Å². The summed E-state index contributed by atoms with van der Waals surface area (Å²) in [6.45, 7) is -0.296. The van der Waals surface area contributed by atoms with Crippen LogP contribution in [0.15, 0.2) is 24.3 Å². The lowest BCUT2D eigenvalue weighted by Crippen LogP contribution is -2.40. The zero-order chi connectivity index (χ0) is 18.9. The summed E-state index contributed by atoms with van der Waals surface area (Å²) in [6, 6.07) is 5.71. The number of benzene rings is 1. The van der Waals surface area contributed by atoms with Gasteiger partial charge in [-0.15, -0.1) is 0 Å². The molecule has 1 saturated heterocycles. The molecule has 2 rings (SSSR count). The average Bonchev–Trinajstić information content (AvgIpc) is 2.66. The van der Waals surface area contributed by atoms with Gasteiger partial charge in [0.25, 0.3) is 0 Å². The van der Waals surface area contributed by atoms with Crippen LogP contribution in [0.4, 0.5) is 0 Å². The zero-order valence-electron chi connectivity index (χ0n) is 14.1. The van der Waals surface area contributed by atoms with Gasteiger partial charge in [0.15, 0.2) is 12.6 Å². The van der Waals surface area contributed by atoms with Gasteiger partial charge >= 0.3 is 11.9 Å². The van der Waals surface area contributed by atoms with Crippen LogP contribution in [0.1, 0.15) is 33.6 Å². The van der Waals surface area contributed by atoms with Gasteiger partial charge in [0.1, 0.15) is 19.3 Å². The normalized spacial score (nSPS) is 22.7. The molecule has 1 heterocycles. The van der Waals surface area contributed by atoms with E-state index in [4.69, 9.17) is 24.1 Å². The van der Waals surface area contributed by atoms with Crippen LogP contribution in [0.3, 0.4) is 0 Å². The van der Waals surface area contributed by atoms with Crippen molar-refractivity contribution in [1.29, 1.82) is 0 Å². The Bertz CT molecular complexity index is 586. The zero-order valence-corrected chi connectivity index (χ0v) is 14.1. The molecule has 0 amide bonds. The fourth-order valence-corrected chi connectivity index (χ4v) is 2.25. The Morgan fingerprint density at radius 2 is 1.54 bits per heavy atom. The molecule has 0 aliphatic carbocycles. The van der Waals surface area contributed by atoms with Gasteiger partial charge in [-0.25, -0.2) is 9.59 Å². The molecule has 0 bridgehead atoms. The van der Waals surface area contributed by atoms with Crippen LogP contribution in [0.2, 0.25) is 0 Å². The molecule has 0 aromatic heterocycles. The van der Waals surface area contributed by atoms with Crippen LogP contribution in [0.5, 0.6) is 0 Å². The molecule has 1 aliphatic heterocycles. The summed E-state index contributed by atoms with van der Waals surface area (Å²) in [5, 5.41) is 27.3. The Labute approximate surface area is 150 Å². The molecule has 3 atom stereocenters. The third kappa shape index (κ3) is 6.04. The monoisotopic (exact) mass is 370 g/mol. The van der Waals surface area contributed by atoms with Crippen LogP contribution < -0.4 is 0 Å². The third-order valence-corrected chi connectivity index (χ3v) is 3.62. The first kappa shape index (κ1) is 20.3. The van der Waals surface area contributed by atoms with E-state index in [0.29, 0.717) is 12.8 Å². The molecule has 0 saturated carbocycles. The van der Waals surface area contributed by atoms with Crippen LogP contribution in [0.25, 0.3) is 0 Å². The maximum Gasteiger partial charge on any atom is 0.338 e. The Morgan fingerprint density at radius 1 is 0.962 bits per heavy atom. The molecule has 1 aliphatic rings. The summed E-state index contributed by atoms with van der Waals surface area (Å²) in [5.74, 6) is -1.17. The molecule has 9 nitrogen and oxygen atoms in total. The lowest BCUT2D eigenvalue weighted by atomic mass is 10.1. The average molecular weight is 370 g/mol. The van der Waals surface area contributed by atoms with Crippen LogP contribution >= 0.6 is 0 Å². The second-order valence-corrected chi connectivity index (χ2v) is 5.54. The first-order chi connectivity index (χ1) is 12.5. The first-order valence-electron chi connectivity index (χ1n) is 8.19. The maximum atomic E-state index is 11.9. The molecular weight excluding hydrogens is 348 g/mol. The number of esters is 2. The van der Waals surface area contributed by atoms with Gasteiger partial charge < -0.3 is 34.3 Å². The summed E-state index contributed by atoms with van der Waals surface area (Å²) in [5.41, 5.74) is 0.518. The predicted octanol–water partition coefficient (Wildman–Crippen LogP) is -0.175. The summed E-state index contributed by atoms with van der Waals surface area (Å²) in [4.78, 5) is 23.5. The SMILES string of the molecule is O=C(OCCO)c1ccc(C(=O)OCCO[C@@H]2CC[C@H](O)C(O)O2)cc1.